The van der Waals surface area contributed by atoms with Crippen molar-refractivity contribution in [1.29, 1.82) is 0 Å². The first kappa shape index (κ1) is 21.9. The quantitative estimate of drug-likeness (QED) is 0.425. The Morgan fingerprint density at radius 1 is 1.34 bits per heavy atom. The van der Waals surface area contributed by atoms with Crippen molar-refractivity contribution < 1.29 is 18.0 Å². The summed E-state index contributed by atoms with van der Waals surface area (Å²) in [5.74, 6) is 0.511. The van der Waals surface area contributed by atoms with Crippen LogP contribution in [0.25, 0.3) is 10.1 Å². The second-order valence-electron chi connectivity index (χ2n) is 6.22. The molecule has 2 N–H and O–H groups in total. The van der Waals surface area contributed by atoms with Gasteiger partial charge in [-0.15, -0.1) is 23.1 Å². The molecule has 3 aromatic rings. The van der Waals surface area contributed by atoms with Crippen LogP contribution in [0.2, 0.25) is 0 Å². The Balaban J connectivity index is 1.97. The standard InChI is InChI=1S/C19H17BrF3N3OS2/c1-3-28-16-12-5-4-10(20)6-15(12)29-17(16)18(27)26(2)14-9-25-11(7-13(14)24)8-19(21,22)23/h4-7,9H,3,8H2,1-2H3,(H2,24,25). The Hall–Kier alpha value is -1.78. The van der Waals surface area contributed by atoms with Crippen molar-refractivity contribution in [2.75, 3.05) is 23.4 Å². The molecule has 0 radical (unpaired) electrons. The van der Waals surface area contributed by atoms with Gasteiger partial charge in [0.15, 0.2) is 0 Å². The molecule has 0 bridgehead atoms. The molecule has 1 amide bonds. The van der Waals surface area contributed by atoms with Crippen LogP contribution in [0.15, 0.2) is 39.8 Å². The largest absolute Gasteiger partial charge is 0.397 e. The Bertz CT molecular complexity index is 1070. The van der Waals surface area contributed by atoms with E-state index >= 15 is 0 Å². The van der Waals surface area contributed by atoms with E-state index in [1.807, 2.05) is 25.1 Å². The lowest BCUT2D eigenvalue weighted by atomic mass is 10.2. The van der Waals surface area contributed by atoms with Crippen LogP contribution in [0.5, 0.6) is 0 Å². The van der Waals surface area contributed by atoms with E-state index in [1.165, 1.54) is 22.4 Å². The predicted octanol–water partition coefficient (Wildman–Crippen LogP) is 6.13. The summed E-state index contributed by atoms with van der Waals surface area (Å²) in [5, 5.41) is 0.994. The monoisotopic (exact) mass is 503 g/mol. The van der Waals surface area contributed by atoms with E-state index in [-0.39, 0.29) is 23.0 Å². The number of hydrogen-bond acceptors (Lipinski definition) is 5. The maximum Gasteiger partial charge on any atom is 0.394 e. The summed E-state index contributed by atoms with van der Waals surface area (Å²) in [5.41, 5.74) is 6.10. The first-order valence-electron chi connectivity index (χ1n) is 8.54. The third-order valence-corrected chi connectivity index (χ3v) is 6.87. The number of amides is 1. The summed E-state index contributed by atoms with van der Waals surface area (Å²) < 4.78 is 39.6. The van der Waals surface area contributed by atoms with Crippen LogP contribution in [-0.4, -0.2) is 29.9 Å². The molecular formula is C19H17BrF3N3OS2. The van der Waals surface area contributed by atoms with Crippen LogP contribution < -0.4 is 10.6 Å². The Kier molecular flexibility index (Phi) is 6.45. The van der Waals surface area contributed by atoms with E-state index in [0.29, 0.717) is 4.88 Å². The van der Waals surface area contributed by atoms with E-state index in [2.05, 4.69) is 20.9 Å². The molecule has 2 heterocycles. The number of carbonyl (C=O) groups excluding carboxylic acids is 1. The van der Waals surface area contributed by atoms with Crippen molar-refractivity contribution in [2.45, 2.75) is 24.4 Å². The first-order chi connectivity index (χ1) is 13.6. The molecule has 0 aliphatic heterocycles. The third kappa shape index (κ3) is 4.87. The topological polar surface area (TPSA) is 59.2 Å². The number of hydrogen-bond donors (Lipinski definition) is 1. The average molecular weight is 504 g/mol. The van der Waals surface area contributed by atoms with Crippen molar-refractivity contribution in [3.05, 3.63) is 45.5 Å². The molecule has 29 heavy (non-hydrogen) atoms. The van der Waals surface area contributed by atoms with Gasteiger partial charge in [-0.2, -0.15) is 13.2 Å². The zero-order valence-electron chi connectivity index (χ0n) is 15.5. The molecule has 0 saturated carbocycles. The summed E-state index contributed by atoms with van der Waals surface area (Å²) in [7, 11) is 1.54. The number of halogens is 4. The number of nitrogen functional groups attached to an aromatic ring is 1. The van der Waals surface area contributed by atoms with Crippen molar-refractivity contribution in [2.24, 2.45) is 0 Å². The lowest BCUT2D eigenvalue weighted by Gasteiger charge is -2.19. The highest BCUT2D eigenvalue weighted by molar-refractivity contribution is 9.10. The van der Waals surface area contributed by atoms with E-state index in [9.17, 15) is 18.0 Å². The number of nitrogens with two attached hydrogens (primary N) is 1. The van der Waals surface area contributed by atoms with E-state index in [4.69, 9.17) is 5.73 Å². The van der Waals surface area contributed by atoms with Gasteiger partial charge in [0, 0.05) is 26.5 Å². The van der Waals surface area contributed by atoms with Crippen molar-refractivity contribution in [3.63, 3.8) is 0 Å². The lowest BCUT2D eigenvalue weighted by molar-refractivity contribution is -0.127. The molecule has 1 aromatic carbocycles. The number of pyridine rings is 1. The second kappa shape index (κ2) is 8.53. The normalized spacial score (nSPS) is 11.8. The number of benzene rings is 1. The number of alkyl halides is 3. The fourth-order valence-corrected chi connectivity index (χ4v) is 5.66. The summed E-state index contributed by atoms with van der Waals surface area (Å²) in [6.07, 6.45) is -4.33. The molecule has 2 aromatic heterocycles. The predicted molar refractivity (Wildman–Crippen MR) is 117 cm³/mol. The smallest absolute Gasteiger partial charge is 0.394 e. The zero-order valence-corrected chi connectivity index (χ0v) is 18.7. The number of rotatable bonds is 5. The van der Waals surface area contributed by atoms with Gasteiger partial charge >= 0.3 is 6.18 Å². The van der Waals surface area contributed by atoms with Gasteiger partial charge < -0.3 is 10.6 Å². The maximum atomic E-state index is 13.2. The number of aromatic nitrogens is 1. The highest BCUT2D eigenvalue weighted by atomic mass is 79.9. The SMILES string of the molecule is CCSc1c(C(=O)N(C)c2cnc(CC(F)(F)F)cc2N)sc2cc(Br)ccc12. The minimum absolute atomic E-state index is 0.0728. The van der Waals surface area contributed by atoms with Gasteiger partial charge in [-0.25, -0.2) is 0 Å². The van der Waals surface area contributed by atoms with E-state index < -0.39 is 12.6 Å². The minimum atomic E-state index is -4.37. The first-order valence-corrected chi connectivity index (χ1v) is 11.1. The second-order valence-corrected chi connectivity index (χ2v) is 9.47. The van der Waals surface area contributed by atoms with Crippen molar-refractivity contribution >= 4 is 66.4 Å². The molecular weight excluding hydrogens is 487 g/mol. The number of fused-ring (bicyclic) bond motifs is 1. The van der Waals surface area contributed by atoms with Gasteiger partial charge in [0.25, 0.3) is 5.91 Å². The van der Waals surface area contributed by atoms with Crippen LogP contribution in [0.1, 0.15) is 22.3 Å². The molecule has 0 saturated heterocycles. The number of thiophene rings is 1. The molecule has 0 aliphatic carbocycles. The van der Waals surface area contributed by atoms with Crippen molar-refractivity contribution in [3.8, 4) is 0 Å². The molecule has 0 unspecified atom stereocenters. The van der Waals surface area contributed by atoms with E-state index in [1.54, 1.807) is 18.8 Å². The molecule has 0 fully saturated rings. The molecule has 3 rings (SSSR count). The van der Waals surface area contributed by atoms with Gasteiger partial charge in [0.05, 0.1) is 29.7 Å². The maximum absolute atomic E-state index is 13.2. The molecule has 0 aliphatic rings. The number of thioether (sulfide) groups is 1. The van der Waals surface area contributed by atoms with Gasteiger partial charge in [0.2, 0.25) is 0 Å². The highest BCUT2D eigenvalue weighted by Gasteiger charge is 2.29. The Labute approximate surface area is 182 Å². The molecule has 4 nitrogen and oxygen atoms in total. The van der Waals surface area contributed by atoms with Gasteiger partial charge in [0.1, 0.15) is 4.88 Å². The Morgan fingerprint density at radius 3 is 2.69 bits per heavy atom. The van der Waals surface area contributed by atoms with Crippen LogP contribution in [0.3, 0.4) is 0 Å². The fraction of sp³-hybridized carbons (Fsp3) is 0.263. The summed E-state index contributed by atoms with van der Waals surface area (Å²) in [4.78, 5) is 19.8. The summed E-state index contributed by atoms with van der Waals surface area (Å²) >= 11 is 6.39. The summed E-state index contributed by atoms with van der Waals surface area (Å²) in [6.45, 7) is 2.01. The molecule has 0 spiro atoms. The van der Waals surface area contributed by atoms with Crippen LogP contribution in [0.4, 0.5) is 24.5 Å². The van der Waals surface area contributed by atoms with Gasteiger partial charge in [-0.05, 0) is 24.0 Å². The van der Waals surface area contributed by atoms with Crippen molar-refractivity contribution in [1.82, 2.24) is 4.98 Å². The molecule has 0 atom stereocenters. The number of carbonyl (C=O) groups is 1. The van der Waals surface area contributed by atoms with Gasteiger partial charge in [-0.3, -0.25) is 9.78 Å². The summed E-state index contributed by atoms with van der Waals surface area (Å²) in [6, 6.07) is 7.01. The van der Waals surface area contributed by atoms with Crippen LogP contribution in [-0.2, 0) is 6.42 Å². The number of anilines is 2. The molecule has 10 heteroatoms. The van der Waals surface area contributed by atoms with E-state index in [0.717, 1.165) is 31.3 Å². The Morgan fingerprint density at radius 2 is 2.07 bits per heavy atom. The van der Waals surface area contributed by atoms with Gasteiger partial charge in [-0.1, -0.05) is 28.9 Å². The minimum Gasteiger partial charge on any atom is -0.397 e. The average Bonchev–Trinajstić information content (AvgIpc) is 2.97. The lowest BCUT2D eigenvalue weighted by Crippen LogP contribution is -2.27. The number of nitrogens with zero attached hydrogens (tertiary/aromatic N) is 2. The highest BCUT2D eigenvalue weighted by Crippen LogP contribution is 2.40. The zero-order chi connectivity index (χ0) is 21.3. The van der Waals surface area contributed by atoms with Crippen LogP contribution >= 0.6 is 39.0 Å². The van der Waals surface area contributed by atoms with Crippen LogP contribution in [0, 0.1) is 0 Å². The fourth-order valence-electron chi connectivity index (χ4n) is 2.83. The third-order valence-electron chi connectivity index (χ3n) is 4.11. The molecule has 154 valence electrons.